The van der Waals surface area contributed by atoms with Gasteiger partial charge >= 0.3 is 0 Å². The van der Waals surface area contributed by atoms with Crippen LogP contribution < -0.4 is 11.1 Å². The molecule has 1 aromatic rings. The number of hydrogen-bond donors (Lipinski definition) is 2. The summed E-state index contributed by atoms with van der Waals surface area (Å²) in [5.74, 6) is 3.10. The van der Waals surface area contributed by atoms with Crippen LogP contribution in [0, 0.1) is 0 Å². The Morgan fingerprint density at radius 2 is 2.58 bits per heavy atom. The lowest BCUT2D eigenvalue weighted by molar-refractivity contribution is 0.412. The van der Waals surface area contributed by atoms with E-state index in [1.807, 2.05) is 11.8 Å². The average molecular weight is 186 g/mol. The molecule has 6 heteroatoms. The second-order valence-electron chi connectivity index (χ2n) is 2.51. The molecule has 12 heavy (non-hydrogen) atoms. The van der Waals surface area contributed by atoms with E-state index in [1.165, 1.54) is 0 Å². The van der Waals surface area contributed by atoms with Gasteiger partial charge in [-0.3, -0.25) is 5.32 Å². The zero-order valence-corrected chi connectivity index (χ0v) is 7.30. The molecule has 1 fully saturated rings. The predicted molar refractivity (Wildman–Crippen MR) is 45.4 cm³/mol. The second kappa shape index (κ2) is 3.42. The van der Waals surface area contributed by atoms with Crippen LogP contribution in [0.2, 0.25) is 0 Å². The summed E-state index contributed by atoms with van der Waals surface area (Å²) in [7, 11) is 0. The summed E-state index contributed by atoms with van der Waals surface area (Å²) in [6.07, 6.45) is 0. The van der Waals surface area contributed by atoms with Gasteiger partial charge in [0.2, 0.25) is 11.8 Å². The van der Waals surface area contributed by atoms with Crippen molar-refractivity contribution in [3.63, 3.8) is 0 Å². The van der Waals surface area contributed by atoms with Gasteiger partial charge in [0.05, 0.1) is 12.6 Å². The van der Waals surface area contributed by atoms with Gasteiger partial charge in [-0.15, -0.1) is 22.0 Å². The molecule has 0 aromatic carbocycles. The highest BCUT2D eigenvalue weighted by Gasteiger charge is 2.21. The van der Waals surface area contributed by atoms with Crippen molar-refractivity contribution in [3.05, 3.63) is 11.8 Å². The molecule has 1 aliphatic heterocycles. The van der Waals surface area contributed by atoms with Gasteiger partial charge in [0.15, 0.2) is 0 Å². The van der Waals surface area contributed by atoms with Crippen molar-refractivity contribution in [2.45, 2.75) is 12.6 Å². The molecule has 3 N–H and O–H groups in total. The topological polar surface area (TPSA) is 77.0 Å². The fraction of sp³-hybridized carbons (Fsp3) is 0.667. The predicted octanol–water partition coefficient (Wildman–Crippen LogP) is -0.137. The van der Waals surface area contributed by atoms with E-state index in [2.05, 4.69) is 15.5 Å². The number of thioether (sulfide) groups is 1. The van der Waals surface area contributed by atoms with Crippen LogP contribution in [0.5, 0.6) is 0 Å². The molecule has 0 spiro atoms. The van der Waals surface area contributed by atoms with Crippen LogP contribution in [-0.2, 0) is 6.54 Å². The molecule has 0 bridgehead atoms. The number of rotatable bonds is 2. The van der Waals surface area contributed by atoms with Crippen LogP contribution in [-0.4, -0.2) is 21.8 Å². The zero-order chi connectivity index (χ0) is 8.39. The summed E-state index contributed by atoms with van der Waals surface area (Å²) >= 11 is 1.82. The molecular weight excluding hydrogens is 176 g/mol. The van der Waals surface area contributed by atoms with E-state index in [4.69, 9.17) is 10.2 Å². The Labute approximate surface area is 74.1 Å². The summed E-state index contributed by atoms with van der Waals surface area (Å²) in [6, 6.07) is 0.211. The number of nitrogens with two attached hydrogens (primary N) is 1. The number of aromatic nitrogens is 2. The average Bonchev–Trinajstić information content (AvgIpc) is 2.75. The van der Waals surface area contributed by atoms with E-state index < -0.39 is 0 Å². The molecule has 1 atom stereocenters. The maximum atomic E-state index is 5.34. The van der Waals surface area contributed by atoms with Crippen molar-refractivity contribution in [3.8, 4) is 0 Å². The molecule has 66 valence electrons. The maximum Gasteiger partial charge on any atom is 0.234 e. The summed E-state index contributed by atoms with van der Waals surface area (Å²) in [5.41, 5.74) is 5.34. The number of hydrogen-bond acceptors (Lipinski definition) is 6. The van der Waals surface area contributed by atoms with Gasteiger partial charge in [0, 0.05) is 11.6 Å². The van der Waals surface area contributed by atoms with Crippen LogP contribution in [0.15, 0.2) is 4.42 Å². The first kappa shape index (κ1) is 8.03. The molecule has 1 unspecified atom stereocenters. The monoisotopic (exact) mass is 186 g/mol. The standard InChI is InChI=1S/C6H10N4OS/c7-1-5-9-10-6(11-5)4-2-12-3-8-4/h4,8H,1-3,7H2. The molecule has 0 aliphatic carbocycles. The third-order valence-corrected chi connectivity index (χ3v) is 2.61. The van der Waals surface area contributed by atoms with E-state index >= 15 is 0 Å². The van der Waals surface area contributed by atoms with E-state index in [1.54, 1.807) is 0 Å². The van der Waals surface area contributed by atoms with Crippen LogP contribution in [0.25, 0.3) is 0 Å². The lowest BCUT2D eigenvalue weighted by atomic mass is 10.3. The summed E-state index contributed by atoms with van der Waals surface area (Å²) in [6.45, 7) is 0.312. The molecule has 1 aromatic heterocycles. The van der Waals surface area contributed by atoms with Crippen LogP contribution >= 0.6 is 11.8 Å². The zero-order valence-electron chi connectivity index (χ0n) is 6.49. The van der Waals surface area contributed by atoms with Gasteiger partial charge in [-0.25, -0.2) is 0 Å². The Morgan fingerprint density at radius 3 is 3.17 bits per heavy atom. The van der Waals surface area contributed by atoms with E-state index in [0.717, 1.165) is 11.6 Å². The lowest BCUT2D eigenvalue weighted by Crippen LogP contribution is -2.14. The SMILES string of the molecule is NCc1nnc(C2CSCN2)o1. The minimum absolute atomic E-state index is 0.211. The number of nitrogens with one attached hydrogen (secondary N) is 1. The fourth-order valence-corrected chi connectivity index (χ4v) is 1.98. The third-order valence-electron chi connectivity index (χ3n) is 1.67. The summed E-state index contributed by atoms with van der Waals surface area (Å²) < 4.78 is 5.29. The Bertz CT molecular complexity index is 258. The van der Waals surface area contributed by atoms with Crippen molar-refractivity contribution in [2.75, 3.05) is 11.6 Å². The Balaban J connectivity index is 2.11. The highest BCUT2D eigenvalue weighted by atomic mass is 32.2. The van der Waals surface area contributed by atoms with Crippen molar-refractivity contribution in [2.24, 2.45) is 5.73 Å². The largest absolute Gasteiger partial charge is 0.422 e. The van der Waals surface area contributed by atoms with Crippen LogP contribution in [0.3, 0.4) is 0 Å². The van der Waals surface area contributed by atoms with E-state index in [-0.39, 0.29) is 6.04 Å². The lowest BCUT2D eigenvalue weighted by Gasteiger charge is -2.00. The molecule has 0 radical (unpaired) electrons. The first-order chi connectivity index (χ1) is 5.90. The minimum atomic E-state index is 0.211. The first-order valence-corrected chi connectivity index (χ1v) is 4.89. The fourth-order valence-electron chi connectivity index (χ4n) is 1.04. The first-order valence-electron chi connectivity index (χ1n) is 3.73. The van der Waals surface area contributed by atoms with Crippen LogP contribution in [0.4, 0.5) is 0 Å². The molecule has 0 saturated carbocycles. The molecule has 2 heterocycles. The molecule has 5 nitrogen and oxygen atoms in total. The van der Waals surface area contributed by atoms with Gasteiger partial charge in [-0.1, -0.05) is 0 Å². The minimum Gasteiger partial charge on any atom is -0.422 e. The van der Waals surface area contributed by atoms with Crippen molar-refractivity contribution >= 4 is 11.8 Å². The smallest absolute Gasteiger partial charge is 0.234 e. The maximum absolute atomic E-state index is 5.34. The third kappa shape index (κ3) is 1.45. The molecule has 1 aliphatic rings. The molecule has 0 amide bonds. The summed E-state index contributed by atoms with van der Waals surface area (Å²) in [4.78, 5) is 0. The normalized spacial score (nSPS) is 23.2. The van der Waals surface area contributed by atoms with E-state index in [9.17, 15) is 0 Å². The Morgan fingerprint density at radius 1 is 1.67 bits per heavy atom. The van der Waals surface area contributed by atoms with Gasteiger partial charge in [-0.05, 0) is 0 Å². The quantitative estimate of drug-likeness (QED) is 0.669. The van der Waals surface area contributed by atoms with Crippen molar-refractivity contribution in [1.29, 1.82) is 0 Å². The second-order valence-corrected chi connectivity index (χ2v) is 3.54. The van der Waals surface area contributed by atoms with Crippen LogP contribution in [0.1, 0.15) is 17.8 Å². The molecular formula is C6H10N4OS. The highest BCUT2D eigenvalue weighted by Crippen LogP contribution is 2.22. The molecule has 1 saturated heterocycles. The van der Waals surface area contributed by atoms with Gasteiger partial charge < -0.3 is 10.2 Å². The summed E-state index contributed by atoms with van der Waals surface area (Å²) in [5, 5.41) is 10.9. The van der Waals surface area contributed by atoms with E-state index in [0.29, 0.717) is 18.3 Å². The van der Waals surface area contributed by atoms with Gasteiger partial charge in [0.1, 0.15) is 0 Å². The number of nitrogens with zero attached hydrogens (tertiary/aromatic N) is 2. The van der Waals surface area contributed by atoms with Crippen molar-refractivity contribution < 1.29 is 4.42 Å². The molecule has 2 rings (SSSR count). The Hall–Kier alpha value is -0.590. The Kier molecular flexibility index (Phi) is 2.29. The van der Waals surface area contributed by atoms with Gasteiger partial charge in [-0.2, -0.15) is 0 Å². The van der Waals surface area contributed by atoms with Gasteiger partial charge in [0.25, 0.3) is 0 Å². The van der Waals surface area contributed by atoms with Crippen molar-refractivity contribution in [1.82, 2.24) is 15.5 Å². The highest BCUT2D eigenvalue weighted by molar-refractivity contribution is 7.99.